The van der Waals surface area contributed by atoms with Crippen LogP contribution in [0.25, 0.3) is 0 Å². The minimum Gasteiger partial charge on any atom is -0.394 e. The predicted octanol–water partition coefficient (Wildman–Crippen LogP) is 1.32. The van der Waals surface area contributed by atoms with Crippen LogP contribution in [0.15, 0.2) is 8.68 Å². The molecule has 7 heteroatoms. The SMILES string of the molecule is CNC(C)(CO)CSc1nnc(SC)s1. The summed E-state index contributed by atoms with van der Waals surface area (Å²) in [6, 6.07) is 0. The van der Waals surface area contributed by atoms with E-state index >= 15 is 0 Å². The number of aromatic nitrogens is 2. The number of nitrogens with one attached hydrogen (secondary N) is 1. The Morgan fingerprint density at radius 2 is 2.13 bits per heavy atom. The molecule has 0 aliphatic heterocycles. The van der Waals surface area contributed by atoms with Gasteiger partial charge < -0.3 is 10.4 Å². The Morgan fingerprint density at radius 3 is 2.60 bits per heavy atom. The molecule has 1 aromatic heterocycles. The molecular weight excluding hydrogens is 250 g/mol. The maximum absolute atomic E-state index is 9.20. The summed E-state index contributed by atoms with van der Waals surface area (Å²) in [5.41, 5.74) is -0.254. The summed E-state index contributed by atoms with van der Waals surface area (Å²) >= 11 is 4.81. The highest BCUT2D eigenvalue weighted by Crippen LogP contribution is 2.29. The second-order valence-corrected chi connectivity index (χ2v) is 6.55. The van der Waals surface area contributed by atoms with E-state index in [1.54, 1.807) is 34.9 Å². The van der Waals surface area contributed by atoms with E-state index in [-0.39, 0.29) is 12.1 Å². The third-order valence-corrected chi connectivity index (χ3v) is 5.44. The van der Waals surface area contributed by atoms with Crippen LogP contribution in [-0.2, 0) is 0 Å². The molecule has 86 valence electrons. The average molecular weight is 265 g/mol. The van der Waals surface area contributed by atoms with Gasteiger partial charge in [0.15, 0.2) is 8.68 Å². The molecule has 0 radical (unpaired) electrons. The first-order chi connectivity index (χ1) is 7.13. The van der Waals surface area contributed by atoms with Gasteiger partial charge in [-0.2, -0.15) is 0 Å². The fourth-order valence-corrected chi connectivity index (χ4v) is 3.34. The molecule has 0 saturated carbocycles. The van der Waals surface area contributed by atoms with Crippen LogP contribution in [0.1, 0.15) is 6.92 Å². The van der Waals surface area contributed by atoms with Crippen molar-refractivity contribution < 1.29 is 5.11 Å². The molecule has 1 aromatic rings. The molecule has 15 heavy (non-hydrogen) atoms. The number of nitrogens with zero attached hydrogens (tertiary/aromatic N) is 2. The summed E-state index contributed by atoms with van der Waals surface area (Å²) in [5, 5.41) is 20.4. The fraction of sp³-hybridized carbons (Fsp3) is 0.750. The second-order valence-electron chi connectivity index (χ2n) is 3.30. The molecule has 4 nitrogen and oxygen atoms in total. The quantitative estimate of drug-likeness (QED) is 0.757. The summed E-state index contributed by atoms with van der Waals surface area (Å²) in [6.07, 6.45) is 1.99. The van der Waals surface area contributed by atoms with Gasteiger partial charge in [0, 0.05) is 11.3 Å². The molecule has 0 aliphatic rings. The highest BCUT2D eigenvalue weighted by atomic mass is 32.2. The summed E-state index contributed by atoms with van der Waals surface area (Å²) < 4.78 is 1.93. The van der Waals surface area contributed by atoms with Gasteiger partial charge in [0.1, 0.15) is 0 Å². The van der Waals surface area contributed by atoms with Gasteiger partial charge in [0.25, 0.3) is 0 Å². The minimum atomic E-state index is -0.254. The van der Waals surface area contributed by atoms with Crippen LogP contribution in [-0.4, -0.2) is 46.5 Å². The number of hydrogen-bond donors (Lipinski definition) is 2. The molecule has 1 unspecified atom stereocenters. The molecule has 0 saturated heterocycles. The third-order valence-electron chi connectivity index (χ3n) is 2.03. The highest BCUT2D eigenvalue weighted by Gasteiger charge is 2.21. The van der Waals surface area contributed by atoms with Gasteiger partial charge in [-0.1, -0.05) is 34.9 Å². The van der Waals surface area contributed by atoms with Crippen molar-refractivity contribution in [3.05, 3.63) is 0 Å². The summed E-state index contributed by atoms with van der Waals surface area (Å²) in [5.74, 6) is 0.781. The van der Waals surface area contributed by atoms with Crippen molar-refractivity contribution in [1.82, 2.24) is 15.5 Å². The lowest BCUT2D eigenvalue weighted by Gasteiger charge is -2.25. The van der Waals surface area contributed by atoms with Gasteiger partial charge in [-0.25, -0.2) is 0 Å². The Labute approximate surface area is 102 Å². The maximum Gasteiger partial charge on any atom is 0.175 e. The molecule has 1 heterocycles. The zero-order chi connectivity index (χ0) is 11.3. The number of rotatable bonds is 6. The Bertz CT molecular complexity index is 301. The lowest BCUT2D eigenvalue weighted by atomic mass is 10.1. The Hall–Kier alpha value is 0.180. The third kappa shape index (κ3) is 3.92. The van der Waals surface area contributed by atoms with E-state index < -0.39 is 0 Å². The van der Waals surface area contributed by atoms with Crippen LogP contribution >= 0.6 is 34.9 Å². The summed E-state index contributed by atoms with van der Waals surface area (Å²) in [7, 11) is 1.85. The zero-order valence-corrected chi connectivity index (χ0v) is 11.4. The van der Waals surface area contributed by atoms with E-state index in [2.05, 4.69) is 15.5 Å². The molecule has 0 aliphatic carbocycles. The molecule has 0 bridgehead atoms. The van der Waals surface area contributed by atoms with Crippen LogP contribution in [0, 0.1) is 0 Å². The van der Waals surface area contributed by atoms with Gasteiger partial charge in [-0.3, -0.25) is 0 Å². The van der Waals surface area contributed by atoms with Crippen molar-refractivity contribution in [2.45, 2.75) is 21.1 Å². The lowest BCUT2D eigenvalue weighted by Crippen LogP contribution is -2.45. The summed E-state index contributed by atoms with van der Waals surface area (Å²) in [4.78, 5) is 0. The Kier molecular flexibility index (Phi) is 5.34. The van der Waals surface area contributed by atoms with Crippen LogP contribution in [0.3, 0.4) is 0 Å². The van der Waals surface area contributed by atoms with Crippen molar-refractivity contribution >= 4 is 34.9 Å². The topological polar surface area (TPSA) is 58.0 Å². The molecule has 1 rings (SSSR count). The molecule has 2 N–H and O–H groups in total. The molecule has 0 amide bonds. The fourth-order valence-electron chi connectivity index (χ4n) is 0.756. The van der Waals surface area contributed by atoms with E-state index in [9.17, 15) is 5.11 Å². The van der Waals surface area contributed by atoms with Crippen molar-refractivity contribution in [1.29, 1.82) is 0 Å². The predicted molar refractivity (Wildman–Crippen MR) is 67.0 cm³/mol. The van der Waals surface area contributed by atoms with Crippen LogP contribution in [0.2, 0.25) is 0 Å². The Balaban J connectivity index is 2.49. The maximum atomic E-state index is 9.20. The number of likely N-dealkylation sites (N-methyl/N-ethyl adjacent to an activating group) is 1. The van der Waals surface area contributed by atoms with Gasteiger partial charge >= 0.3 is 0 Å². The smallest absolute Gasteiger partial charge is 0.175 e. The van der Waals surface area contributed by atoms with E-state index in [1.165, 1.54) is 0 Å². The van der Waals surface area contributed by atoms with Crippen LogP contribution in [0.4, 0.5) is 0 Å². The molecule has 0 aromatic carbocycles. The van der Waals surface area contributed by atoms with Crippen LogP contribution < -0.4 is 5.32 Å². The minimum absolute atomic E-state index is 0.116. The number of thioether (sulfide) groups is 2. The lowest BCUT2D eigenvalue weighted by molar-refractivity contribution is 0.200. The second kappa shape index (κ2) is 6.05. The van der Waals surface area contributed by atoms with Crippen molar-refractivity contribution in [2.24, 2.45) is 0 Å². The van der Waals surface area contributed by atoms with Crippen molar-refractivity contribution in [2.75, 3.05) is 25.7 Å². The van der Waals surface area contributed by atoms with Gasteiger partial charge in [0.05, 0.1) is 6.61 Å². The van der Waals surface area contributed by atoms with Crippen molar-refractivity contribution in [3.63, 3.8) is 0 Å². The first kappa shape index (κ1) is 13.2. The Morgan fingerprint density at radius 1 is 1.47 bits per heavy atom. The normalized spacial score (nSPS) is 15.2. The molecular formula is C8H15N3OS3. The summed E-state index contributed by atoms with van der Waals surface area (Å²) in [6.45, 7) is 2.10. The molecule has 1 atom stereocenters. The van der Waals surface area contributed by atoms with E-state index in [0.29, 0.717) is 0 Å². The van der Waals surface area contributed by atoms with E-state index in [4.69, 9.17) is 0 Å². The van der Waals surface area contributed by atoms with Gasteiger partial charge in [-0.05, 0) is 20.2 Å². The number of hydrogen-bond acceptors (Lipinski definition) is 7. The van der Waals surface area contributed by atoms with Gasteiger partial charge in [-0.15, -0.1) is 10.2 Å². The van der Waals surface area contributed by atoms with E-state index in [1.807, 2.05) is 20.2 Å². The monoisotopic (exact) mass is 265 g/mol. The van der Waals surface area contributed by atoms with Crippen LogP contribution in [0.5, 0.6) is 0 Å². The number of aliphatic hydroxyl groups excluding tert-OH is 1. The number of aliphatic hydroxyl groups is 1. The molecule has 0 fully saturated rings. The highest BCUT2D eigenvalue weighted by molar-refractivity contribution is 8.03. The van der Waals surface area contributed by atoms with Crippen molar-refractivity contribution in [3.8, 4) is 0 Å². The largest absolute Gasteiger partial charge is 0.394 e. The standard InChI is InChI=1S/C8H15N3OS3/c1-8(4-12,9-2)5-14-7-11-10-6(13-3)15-7/h9,12H,4-5H2,1-3H3. The first-order valence-electron chi connectivity index (χ1n) is 4.43. The molecule has 0 spiro atoms. The first-order valence-corrected chi connectivity index (χ1v) is 7.46. The zero-order valence-electron chi connectivity index (χ0n) is 8.98. The van der Waals surface area contributed by atoms with Gasteiger partial charge in [0.2, 0.25) is 0 Å². The van der Waals surface area contributed by atoms with E-state index in [0.717, 1.165) is 14.4 Å². The average Bonchev–Trinajstić information content (AvgIpc) is 2.74.